The molecular formula is C14H21NO8. The summed E-state index contributed by atoms with van der Waals surface area (Å²) >= 11 is 0. The quantitative estimate of drug-likeness (QED) is 0.268. The van der Waals surface area contributed by atoms with Crippen molar-refractivity contribution in [2.45, 2.75) is 0 Å². The first kappa shape index (κ1) is 20.7. The van der Waals surface area contributed by atoms with Crippen LogP contribution in [0.15, 0.2) is 12.2 Å². The van der Waals surface area contributed by atoms with Crippen molar-refractivity contribution in [1.29, 1.82) is 0 Å². The molecule has 1 amide bonds. The van der Waals surface area contributed by atoms with Gasteiger partial charge in [-0.2, -0.15) is 0 Å². The molecule has 9 heteroatoms. The van der Waals surface area contributed by atoms with Crippen molar-refractivity contribution in [2.24, 2.45) is 0 Å². The molecule has 0 spiro atoms. The fourth-order valence-corrected chi connectivity index (χ4v) is 1.34. The first-order chi connectivity index (χ1) is 11.0. The van der Waals surface area contributed by atoms with Crippen molar-refractivity contribution < 1.29 is 38.1 Å². The summed E-state index contributed by atoms with van der Waals surface area (Å²) in [5, 5.41) is 0. The third-order valence-electron chi connectivity index (χ3n) is 2.56. The minimum Gasteiger partial charge on any atom is -0.466 e. The highest BCUT2D eigenvalue weighted by Gasteiger charge is 2.22. The van der Waals surface area contributed by atoms with Gasteiger partial charge in [-0.15, -0.1) is 0 Å². The van der Waals surface area contributed by atoms with E-state index in [0.29, 0.717) is 0 Å². The molecule has 0 aromatic rings. The monoisotopic (exact) mass is 331 g/mol. The van der Waals surface area contributed by atoms with Gasteiger partial charge in [-0.1, -0.05) is 0 Å². The number of carbonyl (C=O) groups excluding carboxylic acids is 4. The van der Waals surface area contributed by atoms with Crippen molar-refractivity contribution in [3.05, 3.63) is 12.2 Å². The fraction of sp³-hybridized carbons (Fsp3) is 0.571. The van der Waals surface area contributed by atoms with E-state index in [2.05, 4.69) is 9.47 Å². The number of hydrogen-bond donors (Lipinski definition) is 0. The molecule has 0 saturated carbocycles. The molecule has 0 atom stereocenters. The molecule has 0 saturated heterocycles. The van der Waals surface area contributed by atoms with Crippen LogP contribution in [0.1, 0.15) is 0 Å². The van der Waals surface area contributed by atoms with Gasteiger partial charge >= 0.3 is 11.9 Å². The normalized spacial score (nSPS) is 10.4. The van der Waals surface area contributed by atoms with Gasteiger partial charge < -0.3 is 23.8 Å². The highest BCUT2D eigenvalue weighted by molar-refractivity contribution is 6.36. The molecule has 130 valence electrons. The molecule has 0 fully saturated rings. The Morgan fingerprint density at radius 2 is 1.39 bits per heavy atom. The van der Waals surface area contributed by atoms with E-state index in [4.69, 9.17) is 9.47 Å². The lowest BCUT2D eigenvalue weighted by Crippen LogP contribution is -2.42. The van der Waals surface area contributed by atoms with Gasteiger partial charge in [-0.3, -0.25) is 9.59 Å². The Morgan fingerprint density at radius 1 is 0.870 bits per heavy atom. The summed E-state index contributed by atoms with van der Waals surface area (Å²) in [5.41, 5.74) is 0. The second-order valence-corrected chi connectivity index (χ2v) is 4.17. The molecule has 0 aliphatic carbocycles. The summed E-state index contributed by atoms with van der Waals surface area (Å²) in [4.78, 5) is 47.0. The number of rotatable bonds is 11. The molecule has 0 unspecified atom stereocenters. The summed E-state index contributed by atoms with van der Waals surface area (Å²) < 4.78 is 18.6. The van der Waals surface area contributed by atoms with Crippen molar-refractivity contribution in [1.82, 2.24) is 4.90 Å². The van der Waals surface area contributed by atoms with Crippen LogP contribution in [-0.4, -0.2) is 82.8 Å². The van der Waals surface area contributed by atoms with Gasteiger partial charge in [0.05, 0.1) is 20.3 Å². The Morgan fingerprint density at radius 3 is 1.87 bits per heavy atom. The largest absolute Gasteiger partial charge is 0.466 e. The standard InChI is InChI=1S/C14H21NO8/c1-20-8-6-15(7-9-21-2)14(19)11(16)10-23-13(18)5-4-12(17)22-3/h4-5H,6-10H2,1-3H3/b5-4+. The Balaban J connectivity index is 4.43. The first-order valence-corrected chi connectivity index (χ1v) is 6.69. The predicted octanol–water partition coefficient (Wildman–Crippen LogP) is -1.05. The average Bonchev–Trinajstić information content (AvgIpc) is 2.56. The third kappa shape index (κ3) is 9.38. The predicted molar refractivity (Wildman–Crippen MR) is 77.5 cm³/mol. The molecule has 0 bridgehead atoms. The Hall–Kier alpha value is -2.26. The van der Waals surface area contributed by atoms with Crippen LogP contribution < -0.4 is 0 Å². The van der Waals surface area contributed by atoms with E-state index >= 15 is 0 Å². The highest BCUT2D eigenvalue weighted by atomic mass is 16.5. The maximum absolute atomic E-state index is 12.0. The molecule has 0 rings (SSSR count). The van der Waals surface area contributed by atoms with E-state index in [1.165, 1.54) is 19.1 Å². The van der Waals surface area contributed by atoms with Crippen molar-refractivity contribution in [3.8, 4) is 0 Å². The molecule has 0 radical (unpaired) electrons. The number of ketones is 1. The first-order valence-electron chi connectivity index (χ1n) is 6.69. The molecule has 0 N–H and O–H groups in total. The molecular weight excluding hydrogens is 310 g/mol. The van der Waals surface area contributed by atoms with E-state index in [0.717, 1.165) is 19.3 Å². The number of methoxy groups -OCH3 is 3. The molecule has 0 aromatic heterocycles. The van der Waals surface area contributed by atoms with Gasteiger partial charge in [0.15, 0.2) is 6.61 Å². The molecule has 9 nitrogen and oxygen atoms in total. The lowest BCUT2D eigenvalue weighted by Gasteiger charge is -2.20. The van der Waals surface area contributed by atoms with Crippen LogP contribution in [0.4, 0.5) is 0 Å². The van der Waals surface area contributed by atoms with Crippen LogP contribution in [0.3, 0.4) is 0 Å². The van der Waals surface area contributed by atoms with Crippen LogP contribution in [-0.2, 0) is 38.1 Å². The number of esters is 2. The van der Waals surface area contributed by atoms with Crippen LogP contribution in [0, 0.1) is 0 Å². The summed E-state index contributed by atoms with van der Waals surface area (Å²) in [6.07, 6.45) is 1.65. The Bertz CT molecular complexity index is 438. The summed E-state index contributed by atoms with van der Waals surface area (Å²) in [5.74, 6) is -3.37. The zero-order valence-electron chi connectivity index (χ0n) is 13.4. The van der Waals surface area contributed by atoms with Crippen molar-refractivity contribution >= 4 is 23.6 Å². The van der Waals surface area contributed by atoms with Gasteiger partial charge in [0.1, 0.15) is 0 Å². The van der Waals surface area contributed by atoms with Gasteiger partial charge in [0.25, 0.3) is 11.7 Å². The van der Waals surface area contributed by atoms with Gasteiger partial charge in [-0.25, -0.2) is 9.59 Å². The maximum Gasteiger partial charge on any atom is 0.331 e. The maximum atomic E-state index is 12.0. The van der Waals surface area contributed by atoms with Crippen LogP contribution in [0.25, 0.3) is 0 Å². The van der Waals surface area contributed by atoms with Gasteiger partial charge in [0.2, 0.25) is 0 Å². The fourth-order valence-electron chi connectivity index (χ4n) is 1.34. The smallest absolute Gasteiger partial charge is 0.331 e. The van der Waals surface area contributed by atoms with E-state index < -0.39 is 30.2 Å². The van der Waals surface area contributed by atoms with Crippen LogP contribution in [0.2, 0.25) is 0 Å². The second-order valence-electron chi connectivity index (χ2n) is 4.17. The van der Waals surface area contributed by atoms with Crippen LogP contribution in [0.5, 0.6) is 0 Å². The number of hydrogen-bond acceptors (Lipinski definition) is 8. The molecule has 0 heterocycles. The van der Waals surface area contributed by atoms with Gasteiger partial charge in [-0.05, 0) is 0 Å². The highest BCUT2D eigenvalue weighted by Crippen LogP contribution is 1.95. The van der Waals surface area contributed by atoms with Crippen molar-refractivity contribution in [2.75, 3.05) is 54.2 Å². The number of carbonyl (C=O) groups is 4. The van der Waals surface area contributed by atoms with E-state index in [1.807, 2.05) is 0 Å². The van der Waals surface area contributed by atoms with E-state index in [1.54, 1.807) is 0 Å². The van der Waals surface area contributed by atoms with Crippen LogP contribution >= 0.6 is 0 Å². The summed E-state index contributed by atoms with van der Waals surface area (Å²) in [6, 6.07) is 0. The Kier molecular flexibility index (Phi) is 11.1. The Labute approximate surface area is 134 Å². The summed E-state index contributed by atoms with van der Waals surface area (Å²) in [7, 11) is 4.08. The molecule has 0 aliphatic rings. The van der Waals surface area contributed by atoms with E-state index in [9.17, 15) is 19.2 Å². The number of Topliss-reactive ketones (excluding diaryl/α,β-unsaturated/α-hetero) is 1. The number of ether oxygens (including phenoxy) is 4. The van der Waals surface area contributed by atoms with Crippen molar-refractivity contribution in [3.63, 3.8) is 0 Å². The minimum absolute atomic E-state index is 0.209. The minimum atomic E-state index is -0.933. The van der Waals surface area contributed by atoms with Gasteiger partial charge in [0, 0.05) is 39.5 Å². The molecule has 23 heavy (non-hydrogen) atoms. The lowest BCUT2D eigenvalue weighted by molar-refractivity contribution is -0.151. The van der Waals surface area contributed by atoms with E-state index in [-0.39, 0.29) is 26.3 Å². The zero-order valence-corrected chi connectivity index (χ0v) is 13.4. The summed E-state index contributed by atoms with van der Waals surface area (Å²) in [6.45, 7) is 0.204. The topological polar surface area (TPSA) is 108 Å². The second kappa shape index (κ2) is 12.3. The lowest BCUT2D eigenvalue weighted by atomic mass is 10.3. The number of amides is 1. The average molecular weight is 331 g/mol. The molecule has 0 aliphatic heterocycles. The zero-order chi connectivity index (χ0) is 17.7. The third-order valence-corrected chi connectivity index (χ3v) is 2.56. The SMILES string of the molecule is COCCN(CCOC)C(=O)C(=O)COC(=O)/C=C/C(=O)OC. The number of nitrogens with zero attached hydrogens (tertiary/aromatic N) is 1. The molecule has 0 aromatic carbocycles.